The van der Waals surface area contributed by atoms with Crippen molar-refractivity contribution >= 4 is 46.6 Å². The van der Waals surface area contributed by atoms with Crippen molar-refractivity contribution in [3.8, 4) is 0 Å². The molecule has 0 saturated carbocycles. The third-order valence-electron chi connectivity index (χ3n) is 4.58. The van der Waals surface area contributed by atoms with E-state index >= 15 is 0 Å². The molecule has 0 aliphatic carbocycles. The van der Waals surface area contributed by atoms with Crippen molar-refractivity contribution in [1.29, 1.82) is 0 Å². The number of nitrogens with one attached hydrogen (secondary N) is 2. The highest BCUT2D eigenvalue weighted by atomic mass is 35.5. The molecule has 190 valence electrons. The molecule has 0 fully saturated rings. The van der Waals surface area contributed by atoms with Crippen molar-refractivity contribution in [1.82, 2.24) is 0 Å². The maximum Gasteiger partial charge on any atom is 0.422 e. The molecule has 0 radical (unpaired) electrons. The molecule has 0 atom stereocenters. The van der Waals surface area contributed by atoms with Gasteiger partial charge in [-0.25, -0.2) is 17.6 Å². The molecule has 0 bridgehead atoms. The summed E-state index contributed by atoms with van der Waals surface area (Å²) in [4.78, 5) is 24.7. The zero-order valence-electron chi connectivity index (χ0n) is 17.8. The average molecular weight is 551 g/mol. The minimum Gasteiger partial charge on any atom is -0.326 e. The Kier molecular flexibility index (Phi) is 8.51. The van der Waals surface area contributed by atoms with Crippen LogP contribution < -0.4 is 10.6 Å². The second-order valence-electron chi connectivity index (χ2n) is 7.22. The molecule has 3 aromatic carbocycles. The number of carbonyl (C=O) groups excluding carboxylic acids is 2. The molecule has 0 spiro atoms. The summed E-state index contributed by atoms with van der Waals surface area (Å²) in [7, 11) is 0. The summed E-state index contributed by atoms with van der Waals surface area (Å²) in [5, 5.41) is 4.73. The van der Waals surface area contributed by atoms with E-state index in [2.05, 4.69) is 5.32 Å². The van der Waals surface area contributed by atoms with Crippen LogP contribution in [-0.4, -0.2) is 17.6 Å². The van der Waals surface area contributed by atoms with Gasteiger partial charge in [0.05, 0.1) is 12.2 Å². The van der Waals surface area contributed by atoms with Gasteiger partial charge in [0, 0.05) is 15.6 Å². The number of halogens is 8. The number of anilines is 2. The van der Waals surface area contributed by atoms with E-state index in [1.54, 1.807) is 47.8 Å². The maximum atomic E-state index is 14.0. The number of benzene rings is 3. The van der Waals surface area contributed by atoms with Crippen LogP contribution in [0.4, 0.5) is 42.1 Å². The van der Waals surface area contributed by atoms with Gasteiger partial charge in [-0.05, 0) is 35.9 Å². The highest BCUT2D eigenvalue weighted by Crippen LogP contribution is 2.38. The zero-order valence-corrected chi connectivity index (χ0v) is 19.4. The molecule has 0 aliphatic rings. The quantitative estimate of drug-likeness (QED) is 0.193. The van der Waals surface area contributed by atoms with Gasteiger partial charge in [-0.1, -0.05) is 29.8 Å². The Morgan fingerprint density at radius 2 is 1.44 bits per heavy atom. The Labute approximate surface area is 208 Å². The van der Waals surface area contributed by atoms with Crippen LogP contribution in [0.15, 0.2) is 53.4 Å². The molecule has 2 amide bonds. The molecule has 13 heteroatoms. The first kappa shape index (κ1) is 27.3. The van der Waals surface area contributed by atoms with Gasteiger partial charge in [0.2, 0.25) is 11.8 Å². The molecule has 0 unspecified atom stereocenters. The minimum atomic E-state index is -5.69. The molecule has 0 heterocycles. The fourth-order valence-corrected chi connectivity index (χ4v) is 3.85. The smallest absolute Gasteiger partial charge is 0.326 e. The largest absolute Gasteiger partial charge is 0.422 e. The standard InChI is InChI=1S/C23H14ClF7N2O2S/c24-12-6-4-11(5-7-12)8-15(34)32-13-2-1-3-14(9-13)36-10-16(35)33-22-20(27)18(25)17(23(29,30)31)19(26)21(22)28/h1-7,9H,8,10H2,(H,32,34)(H,33,35). The van der Waals surface area contributed by atoms with Gasteiger partial charge in [-0.3, -0.25) is 9.59 Å². The Morgan fingerprint density at radius 1 is 0.833 bits per heavy atom. The maximum absolute atomic E-state index is 14.0. The van der Waals surface area contributed by atoms with E-state index in [-0.39, 0.29) is 12.3 Å². The van der Waals surface area contributed by atoms with Gasteiger partial charge >= 0.3 is 6.18 Å². The summed E-state index contributed by atoms with van der Waals surface area (Å²) in [6.07, 6.45) is -5.63. The van der Waals surface area contributed by atoms with Crippen LogP contribution in [0.25, 0.3) is 0 Å². The first-order valence-electron chi connectivity index (χ1n) is 9.87. The van der Waals surface area contributed by atoms with Crippen molar-refractivity contribution in [3.05, 3.63) is 87.9 Å². The summed E-state index contributed by atoms with van der Waals surface area (Å²) >= 11 is 6.63. The fourth-order valence-electron chi connectivity index (χ4n) is 2.97. The van der Waals surface area contributed by atoms with Crippen LogP contribution in [0.3, 0.4) is 0 Å². The fraction of sp³-hybridized carbons (Fsp3) is 0.130. The number of rotatable bonds is 7. The average Bonchev–Trinajstić information content (AvgIpc) is 2.80. The second-order valence-corrected chi connectivity index (χ2v) is 8.70. The van der Waals surface area contributed by atoms with Crippen molar-refractivity contribution < 1.29 is 40.3 Å². The zero-order chi connectivity index (χ0) is 26.6. The number of hydrogen-bond donors (Lipinski definition) is 2. The molecular formula is C23H14ClF7N2O2S. The summed E-state index contributed by atoms with van der Waals surface area (Å²) in [5.74, 6) is -12.1. The number of amides is 2. The van der Waals surface area contributed by atoms with Crippen molar-refractivity contribution in [3.63, 3.8) is 0 Å². The van der Waals surface area contributed by atoms with E-state index in [9.17, 15) is 40.3 Å². The molecule has 3 aromatic rings. The lowest BCUT2D eigenvalue weighted by Gasteiger charge is -2.14. The Hall–Kier alpha value is -3.25. The highest BCUT2D eigenvalue weighted by Gasteiger charge is 2.42. The topological polar surface area (TPSA) is 58.2 Å². The van der Waals surface area contributed by atoms with Crippen LogP contribution in [0.2, 0.25) is 5.02 Å². The van der Waals surface area contributed by atoms with E-state index in [1.807, 2.05) is 0 Å². The van der Waals surface area contributed by atoms with E-state index < -0.39 is 52.4 Å². The van der Waals surface area contributed by atoms with E-state index in [0.717, 1.165) is 17.3 Å². The second kappa shape index (κ2) is 11.2. The number of carbonyl (C=O) groups is 2. The minimum absolute atomic E-state index is 0.0638. The number of alkyl halides is 3. The van der Waals surface area contributed by atoms with E-state index in [0.29, 0.717) is 15.6 Å². The summed E-state index contributed by atoms with van der Waals surface area (Å²) in [6.45, 7) is 0. The molecule has 0 aliphatic heterocycles. The molecule has 3 rings (SSSR count). The summed E-state index contributed by atoms with van der Waals surface area (Å²) < 4.78 is 93.3. The molecule has 0 aromatic heterocycles. The Morgan fingerprint density at radius 3 is 2.03 bits per heavy atom. The third kappa shape index (κ3) is 6.70. The van der Waals surface area contributed by atoms with Crippen molar-refractivity contribution in [2.45, 2.75) is 17.5 Å². The van der Waals surface area contributed by atoms with Gasteiger partial charge in [0.15, 0.2) is 23.3 Å². The van der Waals surface area contributed by atoms with Crippen LogP contribution in [-0.2, 0) is 22.2 Å². The molecule has 4 nitrogen and oxygen atoms in total. The highest BCUT2D eigenvalue weighted by molar-refractivity contribution is 8.00. The van der Waals surface area contributed by atoms with Gasteiger partial charge < -0.3 is 10.6 Å². The molecular weight excluding hydrogens is 537 g/mol. The van der Waals surface area contributed by atoms with Crippen LogP contribution >= 0.6 is 23.4 Å². The lowest BCUT2D eigenvalue weighted by molar-refractivity contribution is -0.143. The van der Waals surface area contributed by atoms with Crippen molar-refractivity contribution in [2.75, 3.05) is 16.4 Å². The SMILES string of the molecule is O=C(Cc1ccc(Cl)cc1)Nc1cccc(SCC(=O)Nc2c(F)c(F)c(C(F)(F)F)c(F)c2F)c1. The Balaban J connectivity index is 1.63. The molecule has 0 saturated heterocycles. The third-order valence-corrected chi connectivity index (χ3v) is 5.82. The Bertz CT molecular complexity index is 1270. The number of hydrogen-bond acceptors (Lipinski definition) is 3. The van der Waals surface area contributed by atoms with Gasteiger partial charge in [-0.2, -0.15) is 13.2 Å². The van der Waals surface area contributed by atoms with Crippen LogP contribution in [0, 0.1) is 23.3 Å². The van der Waals surface area contributed by atoms with Crippen molar-refractivity contribution in [2.24, 2.45) is 0 Å². The molecule has 2 N–H and O–H groups in total. The van der Waals surface area contributed by atoms with E-state index in [4.69, 9.17) is 11.6 Å². The predicted octanol–water partition coefficient (Wildman–Crippen LogP) is 6.83. The van der Waals surface area contributed by atoms with Crippen LogP contribution in [0.1, 0.15) is 11.1 Å². The van der Waals surface area contributed by atoms with Gasteiger partial charge in [0.25, 0.3) is 0 Å². The van der Waals surface area contributed by atoms with Gasteiger partial charge in [0.1, 0.15) is 11.3 Å². The number of thioether (sulfide) groups is 1. The van der Waals surface area contributed by atoms with Gasteiger partial charge in [-0.15, -0.1) is 11.8 Å². The van der Waals surface area contributed by atoms with Crippen LogP contribution in [0.5, 0.6) is 0 Å². The molecule has 36 heavy (non-hydrogen) atoms. The lowest BCUT2D eigenvalue weighted by Crippen LogP contribution is -2.21. The summed E-state index contributed by atoms with van der Waals surface area (Å²) in [5.41, 5.74) is -3.32. The summed E-state index contributed by atoms with van der Waals surface area (Å²) in [6, 6.07) is 12.8. The lowest BCUT2D eigenvalue weighted by atomic mass is 10.1. The monoisotopic (exact) mass is 550 g/mol. The first-order valence-corrected chi connectivity index (χ1v) is 11.2. The van der Waals surface area contributed by atoms with E-state index in [1.165, 1.54) is 6.07 Å². The first-order chi connectivity index (χ1) is 16.9. The predicted molar refractivity (Wildman–Crippen MR) is 121 cm³/mol. The normalized spacial score (nSPS) is 11.3.